The van der Waals surface area contributed by atoms with Gasteiger partial charge in [-0.1, -0.05) is 0 Å². The number of piperidine rings is 1. The summed E-state index contributed by atoms with van der Waals surface area (Å²) in [5.41, 5.74) is -0.509. The third-order valence-electron chi connectivity index (χ3n) is 7.25. The van der Waals surface area contributed by atoms with Crippen molar-refractivity contribution in [1.82, 2.24) is 24.8 Å². The van der Waals surface area contributed by atoms with Gasteiger partial charge >= 0.3 is 6.09 Å². The van der Waals surface area contributed by atoms with Crippen molar-refractivity contribution < 1.29 is 19.0 Å². The maximum absolute atomic E-state index is 12.4. The van der Waals surface area contributed by atoms with E-state index in [0.717, 1.165) is 22.6 Å². The summed E-state index contributed by atoms with van der Waals surface area (Å²) < 4.78 is 17.3. The number of ether oxygens (including phenoxy) is 3. The topological polar surface area (TPSA) is 106 Å². The summed E-state index contributed by atoms with van der Waals surface area (Å²) in [6.45, 7) is 9.64. The lowest BCUT2D eigenvalue weighted by atomic mass is 10.0. The molecule has 6 heterocycles. The molecule has 2 unspecified atom stereocenters. The predicted octanol–water partition coefficient (Wildman–Crippen LogP) is 6.02. The molecule has 2 aliphatic rings. The van der Waals surface area contributed by atoms with Crippen LogP contribution in [0, 0.1) is 0 Å². The molecule has 0 N–H and O–H groups in total. The smallest absolute Gasteiger partial charge is 0.410 e. The highest BCUT2D eigenvalue weighted by molar-refractivity contribution is 7.13. The molecule has 0 spiro atoms. The average Bonchev–Trinajstić information content (AvgIpc) is 3.79. The first kappa shape index (κ1) is 32.4. The van der Waals surface area contributed by atoms with Crippen molar-refractivity contribution in [3.05, 3.63) is 72.2 Å². The Morgan fingerprint density at radius 1 is 0.822 bits per heavy atom. The van der Waals surface area contributed by atoms with Gasteiger partial charge in [0.1, 0.15) is 30.3 Å². The molecule has 4 aromatic heterocycles. The zero-order valence-corrected chi connectivity index (χ0v) is 27.7. The van der Waals surface area contributed by atoms with Gasteiger partial charge in [0.05, 0.1) is 24.5 Å². The number of rotatable bonds is 8. The van der Waals surface area contributed by atoms with Crippen molar-refractivity contribution in [3.63, 3.8) is 0 Å². The Morgan fingerprint density at radius 3 is 1.96 bits per heavy atom. The van der Waals surface area contributed by atoms with Gasteiger partial charge in [-0.3, -0.25) is 9.97 Å². The minimum absolute atomic E-state index is 0.0115. The number of carbonyl (C=O) groups excluding carboxylic acids is 1. The Bertz CT molecular complexity index is 1410. The fourth-order valence-electron chi connectivity index (χ4n) is 5.13. The molecule has 1 amide bonds. The Morgan fingerprint density at radius 2 is 1.42 bits per heavy atom. The second-order valence-corrected chi connectivity index (χ2v) is 13.5. The quantitative estimate of drug-likeness (QED) is 0.225. The summed E-state index contributed by atoms with van der Waals surface area (Å²) in [5.74, 6) is 1.55. The number of hydrogen-bond donors (Lipinski definition) is 0. The first-order chi connectivity index (χ1) is 21.9. The molecule has 0 radical (unpaired) electrons. The van der Waals surface area contributed by atoms with E-state index in [4.69, 9.17) is 14.2 Å². The molecule has 6 rings (SSSR count). The SMILES string of the molecule is CC(C)(C)OC(=O)N1CCN(c2nccs2)C(COc2cccnc2)C1.c1cncc(OCC2CCCCN2c2nccs2)c1. The van der Waals surface area contributed by atoms with Crippen molar-refractivity contribution >= 4 is 39.0 Å². The van der Waals surface area contributed by atoms with Crippen LogP contribution in [0.15, 0.2) is 72.2 Å². The monoisotopic (exact) mass is 651 g/mol. The van der Waals surface area contributed by atoms with Gasteiger partial charge in [0, 0.05) is 61.7 Å². The fraction of sp³-hybridized carbons (Fsp3) is 0.469. The molecule has 11 nitrogen and oxygen atoms in total. The van der Waals surface area contributed by atoms with Gasteiger partial charge in [-0.15, -0.1) is 22.7 Å². The van der Waals surface area contributed by atoms with E-state index in [1.54, 1.807) is 58.6 Å². The van der Waals surface area contributed by atoms with Crippen molar-refractivity contribution in [3.8, 4) is 11.5 Å². The van der Waals surface area contributed by atoms with Gasteiger partial charge in [0.25, 0.3) is 0 Å². The number of pyridine rings is 2. The fourth-order valence-corrected chi connectivity index (χ4v) is 6.61. The van der Waals surface area contributed by atoms with Crippen molar-refractivity contribution in [2.45, 2.75) is 57.7 Å². The molecule has 0 aliphatic carbocycles. The Balaban J connectivity index is 0.000000186. The minimum atomic E-state index is -0.509. The van der Waals surface area contributed by atoms with E-state index in [1.807, 2.05) is 62.0 Å². The van der Waals surface area contributed by atoms with Crippen LogP contribution in [-0.4, -0.2) is 88.0 Å². The average molecular weight is 652 g/mol. The zero-order valence-electron chi connectivity index (χ0n) is 26.0. The van der Waals surface area contributed by atoms with E-state index in [2.05, 4.69) is 29.7 Å². The lowest BCUT2D eigenvalue weighted by Gasteiger charge is -2.41. The van der Waals surface area contributed by atoms with E-state index in [9.17, 15) is 4.79 Å². The van der Waals surface area contributed by atoms with E-state index in [1.165, 1.54) is 19.3 Å². The first-order valence-electron chi connectivity index (χ1n) is 15.2. The molecule has 13 heteroatoms. The molecule has 45 heavy (non-hydrogen) atoms. The third-order valence-corrected chi connectivity index (χ3v) is 8.86. The number of amides is 1. The highest BCUT2D eigenvalue weighted by atomic mass is 32.1. The molecular weight excluding hydrogens is 611 g/mol. The van der Waals surface area contributed by atoms with Crippen LogP contribution in [0.5, 0.6) is 11.5 Å². The highest BCUT2D eigenvalue weighted by Gasteiger charge is 2.33. The molecule has 240 valence electrons. The normalized spacial score (nSPS) is 18.5. The van der Waals surface area contributed by atoms with Crippen LogP contribution >= 0.6 is 22.7 Å². The zero-order chi connectivity index (χ0) is 31.5. The Labute approximate surface area is 272 Å². The Kier molecular flexibility index (Phi) is 11.4. The molecule has 2 atom stereocenters. The molecule has 2 aliphatic heterocycles. The first-order valence-corrected chi connectivity index (χ1v) is 17.0. The summed E-state index contributed by atoms with van der Waals surface area (Å²) >= 11 is 3.29. The number of hydrogen-bond acceptors (Lipinski definition) is 12. The molecule has 4 aromatic rings. The van der Waals surface area contributed by atoms with Gasteiger partial charge in [0.2, 0.25) is 0 Å². The van der Waals surface area contributed by atoms with Gasteiger partial charge in [0.15, 0.2) is 10.3 Å². The van der Waals surface area contributed by atoms with Gasteiger partial charge in [-0.05, 0) is 64.3 Å². The van der Waals surface area contributed by atoms with Crippen LogP contribution in [-0.2, 0) is 4.74 Å². The number of thiazole rings is 2. The summed E-state index contributed by atoms with van der Waals surface area (Å²) in [7, 11) is 0. The largest absolute Gasteiger partial charge is 0.490 e. The summed E-state index contributed by atoms with van der Waals surface area (Å²) in [5, 5.41) is 6.03. The number of carbonyl (C=O) groups is 1. The van der Waals surface area contributed by atoms with Gasteiger partial charge in [-0.25, -0.2) is 14.8 Å². The van der Waals surface area contributed by atoms with Gasteiger partial charge in [-0.2, -0.15) is 0 Å². The van der Waals surface area contributed by atoms with Crippen LogP contribution in [0.3, 0.4) is 0 Å². The van der Waals surface area contributed by atoms with E-state index in [-0.39, 0.29) is 12.1 Å². The number of nitrogens with zero attached hydrogens (tertiary/aromatic N) is 7. The van der Waals surface area contributed by atoms with Crippen molar-refractivity contribution in [2.75, 3.05) is 49.2 Å². The minimum Gasteiger partial charge on any atom is -0.490 e. The summed E-state index contributed by atoms with van der Waals surface area (Å²) in [6.07, 6.45) is 14.0. The molecule has 0 aromatic carbocycles. The summed E-state index contributed by atoms with van der Waals surface area (Å²) in [6, 6.07) is 7.96. The summed E-state index contributed by atoms with van der Waals surface area (Å²) in [4.78, 5) is 35.7. The molecule has 0 saturated carbocycles. The van der Waals surface area contributed by atoms with E-state index < -0.39 is 5.60 Å². The number of piperazine rings is 1. The number of aromatic nitrogens is 4. The molecule has 0 bridgehead atoms. The lowest BCUT2D eigenvalue weighted by Crippen LogP contribution is -2.57. The van der Waals surface area contributed by atoms with E-state index >= 15 is 0 Å². The molecule has 2 saturated heterocycles. The van der Waals surface area contributed by atoms with Crippen LogP contribution in [0.2, 0.25) is 0 Å². The van der Waals surface area contributed by atoms with E-state index in [0.29, 0.717) is 44.6 Å². The van der Waals surface area contributed by atoms with Crippen LogP contribution in [0.4, 0.5) is 15.1 Å². The maximum Gasteiger partial charge on any atom is 0.410 e. The molecule has 2 fully saturated rings. The highest BCUT2D eigenvalue weighted by Crippen LogP contribution is 2.27. The van der Waals surface area contributed by atoms with Gasteiger partial charge < -0.3 is 28.9 Å². The standard InChI is InChI=1S/C18H24N4O3S.C14H17N3OS/c1-18(2,3)25-17(23)21-8-9-22(16-20-7-10-26-16)14(12-21)13-24-15-5-4-6-19-11-15;1-2-8-17(14-16-7-9-19-14)12(4-1)11-18-13-5-3-6-15-10-13/h4-7,10-11,14H,8-9,12-13H2,1-3H3;3,5-7,9-10,12H,1-2,4,8,11H2. The predicted molar refractivity (Wildman–Crippen MR) is 178 cm³/mol. The second-order valence-electron chi connectivity index (χ2n) is 11.7. The van der Waals surface area contributed by atoms with Crippen LogP contribution in [0.25, 0.3) is 0 Å². The van der Waals surface area contributed by atoms with Crippen molar-refractivity contribution in [2.24, 2.45) is 0 Å². The Hall–Kier alpha value is -3.97. The number of anilines is 2. The second kappa shape index (κ2) is 15.8. The lowest BCUT2D eigenvalue weighted by molar-refractivity contribution is 0.0201. The van der Waals surface area contributed by atoms with Crippen LogP contribution < -0.4 is 19.3 Å². The third kappa shape index (κ3) is 9.76. The van der Waals surface area contributed by atoms with Crippen LogP contribution in [0.1, 0.15) is 40.0 Å². The maximum atomic E-state index is 12.4. The van der Waals surface area contributed by atoms with Crippen molar-refractivity contribution in [1.29, 1.82) is 0 Å². The molecular formula is C32H41N7O4S2.